The van der Waals surface area contributed by atoms with Crippen LogP contribution in [0.2, 0.25) is 0 Å². The summed E-state index contributed by atoms with van der Waals surface area (Å²) >= 11 is 0. The SMILES string of the molecule is COc1cc(CC[C@H]2CC(=O)C=CO2)ccc1O. The minimum absolute atomic E-state index is 0.0534. The average molecular weight is 248 g/mol. The lowest BCUT2D eigenvalue weighted by molar-refractivity contribution is -0.118. The summed E-state index contributed by atoms with van der Waals surface area (Å²) in [6.07, 6.45) is 4.86. The highest BCUT2D eigenvalue weighted by atomic mass is 16.5. The molecule has 1 atom stereocenters. The topological polar surface area (TPSA) is 55.8 Å². The number of carbonyl (C=O) groups excluding carboxylic acids is 1. The van der Waals surface area contributed by atoms with Crippen LogP contribution in [-0.2, 0) is 16.0 Å². The van der Waals surface area contributed by atoms with Crippen LogP contribution >= 0.6 is 0 Å². The zero-order chi connectivity index (χ0) is 13.0. The van der Waals surface area contributed by atoms with Crippen LogP contribution in [0.15, 0.2) is 30.5 Å². The molecule has 0 aromatic heterocycles. The van der Waals surface area contributed by atoms with Crippen molar-refractivity contribution < 1.29 is 19.4 Å². The minimum atomic E-state index is -0.0534. The third-order valence-corrected chi connectivity index (χ3v) is 2.95. The quantitative estimate of drug-likeness (QED) is 0.887. The molecule has 4 heteroatoms. The number of phenols is 1. The molecular formula is C14H16O4. The number of hydrogen-bond donors (Lipinski definition) is 1. The average Bonchev–Trinajstić information content (AvgIpc) is 2.38. The fourth-order valence-corrected chi connectivity index (χ4v) is 1.94. The van der Waals surface area contributed by atoms with Gasteiger partial charge in [0.05, 0.1) is 13.4 Å². The number of benzene rings is 1. The highest BCUT2D eigenvalue weighted by molar-refractivity contribution is 5.90. The van der Waals surface area contributed by atoms with Crippen molar-refractivity contribution in [3.63, 3.8) is 0 Å². The molecule has 0 spiro atoms. The lowest BCUT2D eigenvalue weighted by atomic mass is 10.0. The van der Waals surface area contributed by atoms with E-state index in [9.17, 15) is 9.90 Å². The van der Waals surface area contributed by atoms with Crippen molar-refractivity contribution in [1.82, 2.24) is 0 Å². The number of aryl methyl sites for hydroxylation is 1. The van der Waals surface area contributed by atoms with E-state index in [1.54, 1.807) is 12.1 Å². The molecule has 96 valence electrons. The van der Waals surface area contributed by atoms with Crippen LogP contribution in [0.1, 0.15) is 18.4 Å². The molecule has 0 saturated carbocycles. The van der Waals surface area contributed by atoms with Crippen LogP contribution < -0.4 is 4.74 Å². The predicted octanol–water partition coefficient (Wildman–Crippen LogP) is 2.21. The molecule has 0 amide bonds. The largest absolute Gasteiger partial charge is 0.504 e. The molecule has 0 saturated heterocycles. The molecule has 2 rings (SSSR count). The molecule has 0 unspecified atom stereocenters. The second-order valence-electron chi connectivity index (χ2n) is 4.28. The Kier molecular flexibility index (Phi) is 3.87. The maximum atomic E-state index is 11.2. The van der Waals surface area contributed by atoms with Gasteiger partial charge in [-0.15, -0.1) is 0 Å². The van der Waals surface area contributed by atoms with Crippen molar-refractivity contribution in [2.75, 3.05) is 7.11 Å². The molecule has 4 nitrogen and oxygen atoms in total. The van der Waals surface area contributed by atoms with E-state index in [1.807, 2.05) is 6.07 Å². The molecule has 0 fully saturated rings. The minimum Gasteiger partial charge on any atom is -0.504 e. The fourth-order valence-electron chi connectivity index (χ4n) is 1.94. The Morgan fingerprint density at radius 2 is 2.33 bits per heavy atom. The number of methoxy groups -OCH3 is 1. The Hall–Kier alpha value is -1.97. The van der Waals surface area contributed by atoms with Crippen LogP contribution in [0.3, 0.4) is 0 Å². The highest BCUT2D eigenvalue weighted by Crippen LogP contribution is 2.27. The van der Waals surface area contributed by atoms with E-state index in [1.165, 1.54) is 19.4 Å². The summed E-state index contributed by atoms with van der Waals surface area (Å²) < 4.78 is 10.4. The summed E-state index contributed by atoms with van der Waals surface area (Å²) in [7, 11) is 1.52. The number of ether oxygens (including phenoxy) is 2. The van der Waals surface area contributed by atoms with Gasteiger partial charge < -0.3 is 14.6 Å². The first-order valence-corrected chi connectivity index (χ1v) is 5.90. The first-order chi connectivity index (χ1) is 8.69. The van der Waals surface area contributed by atoms with Gasteiger partial charge in [-0.05, 0) is 30.5 Å². The number of phenolic OH excluding ortho intramolecular Hbond substituents is 1. The van der Waals surface area contributed by atoms with Crippen LogP contribution in [0.25, 0.3) is 0 Å². The lowest BCUT2D eigenvalue weighted by Gasteiger charge is -2.18. The van der Waals surface area contributed by atoms with Gasteiger partial charge in [0, 0.05) is 12.5 Å². The van der Waals surface area contributed by atoms with Gasteiger partial charge >= 0.3 is 0 Å². The van der Waals surface area contributed by atoms with E-state index in [2.05, 4.69) is 0 Å². The predicted molar refractivity (Wildman–Crippen MR) is 66.6 cm³/mol. The fraction of sp³-hybridized carbons (Fsp3) is 0.357. The van der Waals surface area contributed by atoms with Gasteiger partial charge in [-0.3, -0.25) is 4.79 Å². The van der Waals surface area contributed by atoms with Crippen molar-refractivity contribution in [3.8, 4) is 11.5 Å². The van der Waals surface area contributed by atoms with Crippen LogP contribution in [0, 0.1) is 0 Å². The Morgan fingerprint density at radius 3 is 3.06 bits per heavy atom. The second-order valence-corrected chi connectivity index (χ2v) is 4.28. The Bertz CT molecular complexity index is 465. The van der Waals surface area contributed by atoms with Gasteiger partial charge in [-0.1, -0.05) is 6.07 Å². The third-order valence-electron chi connectivity index (χ3n) is 2.95. The van der Waals surface area contributed by atoms with Gasteiger partial charge in [-0.2, -0.15) is 0 Å². The van der Waals surface area contributed by atoms with Crippen LogP contribution in [-0.4, -0.2) is 24.1 Å². The molecule has 0 bridgehead atoms. The molecule has 1 aromatic carbocycles. The lowest BCUT2D eigenvalue weighted by Crippen LogP contribution is -2.19. The summed E-state index contributed by atoms with van der Waals surface area (Å²) in [6, 6.07) is 5.26. The van der Waals surface area contributed by atoms with E-state index in [-0.39, 0.29) is 17.6 Å². The van der Waals surface area contributed by atoms with Gasteiger partial charge in [-0.25, -0.2) is 0 Å². The molecule has 1 aliphatic rings. The maximum absolute atomic E-state index is 11.2. The van der Waals surface area contributed by atoms with Crippen LogP contribution in [0.4, 0.5) is 0 Å². The van der Waals surface area contributed by atoms with E-state index >= 15 is 0 Å². The molecule has 0 radical (unpaired) electrons. The van der Waals surface area contributed by atoms with Gasteiger partial charge in [0.25, 0.3) is 0 Å². The molecule has 0 aliphatic carbocycles. The Morgan fingerprint density at radius 1 is 1.50 bits per heavy atom. The van der Waals surface area contributed by atoms with Gasteiger partial charge in [0.15, 0.2) is 17.3 Å². The molecular weight excluding hydrogens is 232 g/mol. The smallest absolute Gasteiger partial charge is 0.162 e. The van der Waals surface area contributed by atoms with Gasteiger partial charge in [0.2, 0.25) is 0 Å². The van der Waals surface area contributed by atoms with Crippen molar-refractivity contribution in [1.29, 1.82) is 0 Å². The molecule has 1 aromatic rings. The van der Waals surface area contributed by atoms with Crippen LogP contribution in [0.5, 0.6) is 11.5 Å². The van der Waals surface area contributed by atoms with Crippen molar-refractivity contribution in [2.24, 2.45) is 0 Å². The van der Waals surface area contributed by atoms with Crippen molar-refractivity contribution in [3.05, 3.63) is 36.1 Å². The number of aromatic hydroxyl groups is 1. The first-order valence-electron chi connectivity index (χ1n) is 5.90. The van der Waals surface area contributed by atoms with Gasteiger partial charge in [0.1, 0.15) is 6.10 Å². The highest BCUT2D eigenvalue weighted by Gasteiger charge is 2.16. The van der Waals surface area contributed by atoms with Crippen molar-refractivity contribution in [2.45, 2.75) is 25.4 Å². The second kappa shape index (κ2) is 5.58. The summed E-state index contributed by atoms with van der Waals surface area (Å²) in [5, 5.41) is 9.48. The summed E-state index contributed by atoms with van der Waals surface area (Å²) in [5.41, 5.74) is 1.05. The zero-order valence-electron chi connectivity index (χ0n) is 10.3. The monoisotopic (exact) mass is 248 g/mol. The summed E-state index contributed by atoms with van der Waals surface area (Å²) in [6.45, 7) is 0. The molecule has 1 heterocycles. The molecule has 1 aliphatic heterocycles. The van der Waals surface area contributed by atoms with E-state index < -0.39 is 0 Å². The summed E-state index contributed by atoms with van der Waals surface area (Å²) in [4.78, 5) is 11.2. The van der Waals surface area contributed by atoms with E-state index in [0.717, 1.165) is 18.4 Å². The number of allylic oxidation sites excluding steroid dienone is 1. The molecule has 18 heavy (non-hydrogen) atoms. The molecule has 1 N–H and O–H groups in total. The van der Waals surface area contributed by atoms with E-state index in [4.69, 9.17) is 9.47 Å². The Balaban J connectivity index is 1.94. The Labute approximate surface area is 106 Å². The summed E-state index contributed by atoms with van der Waals surface area (Å²) in [5.74, 6) is 0.704. The standard InChI is InChI=1S/C14H16O4/c1-17-14-8-10(3-5-13(14)16)2-4-12-9-11(15)6-7-18-12/h3,5-8,12,16H,2,4,9H2,1H3/t12-/m0/s1. The first kappa shape index (κ1) is 12.5. The van der Waals surface area contributed by atoms with E-state index in [0.29, 0.717) is 12.2 Å². The third kappa shape index (κ3) is 3.03. The number of carbonyl (C=O) groups is 1. The number of ketones is 1. The zero-order valence-corrected chi connectivity index (χ0v) is 10.3. The van der Waals surface area contributed by atoms with Crippen molar-refractivity contribution >= 4 is 5.78 Å². The normalized spacial score (nSPS) is 18.5. The maximum Gasteiger partial charge on any atom is 0.162 e. The number of rotatable bonds is 4. The number of hydrogen-bond acceptors (Lipinski definition) is 4.